The van der Waals surface area contributed by atoms with Crippen LogP contribution in [0.4, 0.5) is 9.59 Å². The standard InChI is InChI=1S/C47H58BrNO12/c1-37(59-44(50)47(2,3)48)28-49(24-26-57-45(51)60-42(33-53-29-38-16-8-4-9-17-38)34-54-30-39-18-10-5-11-19-39)25-27-58-46(52)61-43(35-55-31-40-20-12-6-13-21-40)36-56-32-41-22-14-7-15-23-41/h4-23,37,42-43H,24-36H2,1-3H3. The lowest BCUT2D eigenvalue weighted by atomic mass is 10.2. The Morgan fingerprint density at radius 3 is 1.13 bits per heavy atom. The first-order valence-electron chi connectivity index (χ1n) is 20.3. The van der Waals surface area contributed by atoms with Gasteiger partial charge >= 0.3 is 18.3 Å². The Labute approximate surface area is 367 Å². The fourth-order valence-corrected chi connectivity index (χ4v) is 5.73. The first-order chi connectivity index (χ1) is 29.5. The summed E-state index contributed by atoms with van der Waals surface area (Å²) in [4.78, 5) is 40.3. The van der Waals surface area contributed by atoms with E-state index >= 15 is 0 Å². The van der Waals surface area contributed by atoms with Crippen molar-refractivity contribution in [1.29, 1.82) is 0 Å². The van der Waals surface area contributed by atoms with Gasteiger partial charge in [0.15, 0.2) is 12.2 Å². The van der Waals surface area contributed by atoms with Gasteiger partial charge in [-0.1, -0.05) is 137 Å². The van der Waals surface area contributed by atoms with Gasteiger partial charge in [-0.25, -0.2) is 9.59 Å². The van der Waals surface area contributed by atoms with E-state index < -0.39 is 40.9 Å². The molecule has 13 nitrogen and oxygen atoms in total. The van der Waals surface area contributed by atoms with Crippen molar-refractivity contribution < 1.29 is 57.0 Å². The zero-order valence-electron chi connectivity index (χ0n) is 35.2. The molecule has 0 spiro atoms. The first kappa shape index (κ1) is 48.8. The predicted molar refractivity (Wildman–Crippen MR) is 232 cm³/mol. The number of rotatable bonds is 28. The van der Waals surface area contributed by atoms with Gasteiger partial charge in [-0.05, 0) is 43.0 Å². The van der Waals surface area contributed by atoms with E-state index in [-0.39, 0.29) is 59.3 Å². The molecule has 14 heteroatoms. The molecule has 0 aliphatic heterocycles. The highest BCUT2D eigenvalue weighted by atomic mass is 79.9. The molecule has 0 heterocycles. The maximum absolute atomic E-state index is 12.9. The van der Waals surface area contributed by atoms with Crippen LogP contribution >= 0.6 is 15.9 Å². The SMILES string of the molecule is CC(CN(CCOC(=O)OC(COCc1ccccc1)COCc1ccccc1)CCOC(=O)OC(COCc1ccccc1)COCc1ccccc1)OC(=O)C(C)(C)Br. The number of carbonyl (C=O) groups excluding carboxylic acids is 3. The van der Waals surface area contributed by atoms with Crippen LogP contribution in [0.5, 0.6) is 0 Å². The molecule has 0 aliphatic carbocycles. The molecule has 0 aliphatic rings. The van der Waals surface area contributed by atoms with Crippen LogP contribution in [0.25, 0.3) is 0 Å². The van der Waals surface area contributed by atoms with Crippen molar-refractivity contribution in [2.45, 2.75) is 69.8 Å². The monoisotopic (exact) mass is 907 g/mol. The molecule has 0 fully saturated rings. The topological polar surface area (TPSA) is 138 Å². The Morgan fingerprint density at radius 2 is 0.836 bits per heavy atom. The summed E-state index contributed by atoms with van der Waals surface area (Å²) in [6.45, 7) is 7.32. The molecular weight excluding hydrogens is 850 g/mol. The molecule has 61 heavy (non-hydrogen) atoms. The predicted octanol–water partition coefficient (Wildman–Crippen LogP) is 8.30. The number of nitrogens with zero attached hydrogens (tertiary/aromatic N) is 1. The van der Waals surface area contributed by atoms with Gasteiger partial charge in [0.25, 0.3) is 0 Å². The third kappa shape index (κ3) is 21.5. The summed E-state index contributed by atoms with van der Waals surface area (Å²) in [6.07, 6.45) is -3.82. The molecule has 4 rings (SSSR count). The van der Waals surface area contributed by atoms with Crippen molar-refractivity contribution >= 4 is 34.2 Å². The van der Waals surface area contributed by atoms with E-state index in [0.717, 1.165) is 22.3 Å². The second-order valence-electron chi connectivity index (χ2n) is 14.7. The molecule has 1 atom stereocenters. The zero-order chi connectivity index (χ0) is 43.5. The van der Waals surface area contributed by atoms with Crippen LogP contribution in [0.2, 0.25) is 0 Å². The van der Waals surface area contributed by atoms with Crippen LogP contribution in [0.15, 0.2) is 121 Å². The largest absolute Gasteiger partial charge is 0.508 e. The Hall–Kier alpha value is -4.83. The molecule has 0 N–H and O–H groups in total. The van der Waals surface area contributed by atoms with E-state index in [2.05, 4.69) is 15.9 Å². The van der Waals surface area contributed by atoms with Crippen LogP contribution in [-0.4, -0.2) is 105 Å². The minimum absolute atomic E-state index is 0.0735. The van der Waals surface area contributed by atoms with Gasteiger partial charge in [0.2, 0.25) is 0 Å². The van der Waals surface area contributed by atoms with Gasteiger partial charge in [0.1, 0.15) is 23.6 Å². The molecule has 0 saturated heterocycles. The third-order valence-electron chi connectivity index (χ3n) is 8.75. The van der Waals surface area contributed by atoms with Gasteiger partial charge in [-0.3, -0.25) is 9.69 Å². The summed E-state index contributed by atoms with van der Waals surface area (Å²) in [5.41, 5.74) is 3.91. The molecule has 330 valence electrons. The molecule has 0 aromatic heterocycles. The highest BCUT2D eigenvalue weighted by Gasteiger charge is 2.28. The van der Waals surface area contributed by atoms with E-state index in [9.17, 15) is 14.4 Å². The van der Waals surface area contributed by atoms with Gasteiger partial charge in [-0.2, -0.15) is 0 Å². The Balaban J connectivity index is 1.28. The number of halogens is 1. The lowest BCUT2D eigenvalue weighted by Crippen LogP contribution is -2.40. The molecule has 4 aromatic carbocycles. The fourth-order valence-electron chi connectivity index (χ4n) is 5.64. The summed E-state index contributed by atoms with van der Waals surface area (Å²) in [7, 11) is 0. The molecule has 0 saturated carbocycles. The van der Waals surface area contributed by atoms with E-state index in [1.54, 1.807) is 20.8 Å². The van der Waals surface area contributed by atoms with Gasteiger partial charge in [-0.15, -0.1) is 0 Å². The van der Waals surface area contributed by atoms with Crippen molar-refractivity contribution in [3.05, 3.63) is 144 Å². The van der Waals surface area contributed by atoms with E-state index in [1.165, 1.54) is 0 Å². The number of esters is 1. The average molecular weight is 909 g/mol. The lowest BCUT2D eigenvalue weighted by molar-refractivity contribution is -0.150. The fraction of sp³-hybridized carbons (Fsp3) is 0.426. The summed E-state index contributed by atoms with van der Waals surface area (Å²) in [5, 5.41) is 0. The van der Waals surface area contributed by atoms with Crippen LogP contribution in [0, 0.1) is 0 Å². The Bertz CT molecular complexity index is 1590. The number of alkyl halides is 1. The smallest absolute Gasteiger partial charge is 0.460 e. The van der Waals surface area contributed by atoms with Crippen LogP contribution in [-0.2, 0) is 73.9 Å². The summed E-state index contributed by atoms with van der Waals surface area (Å²) < 4.78 is 50.4. The Kier molecular flexibility index (Phi) is 22.3. The average Bonchev–Trinajstić information content (AvgIpc) is 3.24. The minimum atomic E-state index is -0.896. The molecular formula is C47H58BrNO12. The number of ether oxygens (including phenoxy) is 9. The maximum Gasteiger partial charge on any atom is 0.508 e. The quantitative estimate of drug-likeness (QED) is 0.0307. The van der Waals surface area contributed by atoms with Gasteiger partial charge in [0, 0.05) is 19.6 Å². The van der Waals surface area contributed by atoms with Crippen molar-refractivity contribution in [2.75, 3.05) is 59.3 Å². The number of hydrogen-bond donors (Lipinski definition) is 0. The normalized spacial score (nSPS) is 12.0. The summed E-state index contributed by atoms with van der Waals surface area (Å²) >= 11 is 3.34. The van der Waals surface area contributed by atoms with Crippen molar-refractivity contribution in [2.24, 2.45) is 0 Å². The van der Waals surface area contributed by atoms with Gasteiger partial charge in [0.05, 0.1) is 52.9 Å². The number of benzene rings is 4. The van der Waals surface area contributed by atoms with E-state index in [1.807, 2.05) is 126 Å². The highest BCUT2D eigenvalue weighted by Crippen LogP contribution is 2.19. The van der Waals surface area contributed by atoms with Crippen LogP contribution in [0.3, 0.4) is 0 Å². The third-order valence-corrected chi connectivity index (χ3v) is 9.07. The van der Waals surface area contributed by atoms with Crippen LogP contribution in [0.1, 0.15) is 43.0 Å². The maximum atomic E-state index is 12.9. The van der Waals surface area contributed by atoms with E-state index in [0.29, 0.717) is 26.4 Å². The lowest BCUT2D eigenvalue weighted by Gasteiger charge is -2.27. The summed E-state index contributed by atoms with van der Waals surface area (Å²) in [5.74, 6) is -0.440. The van der Waals surface area contributed by atoms with Gasteiger partial charge < -0.3 is 42.6 Å². The second-order valence-corrected chi connectivity index (χ2v) is 16.7. The van der Waals surface area contributed by atoms with Crippen LogP contribution < -0.4 is 0 Å². The van der Waals surface area contributed by atoms with Crippen molar-refractivity contribution in [3.8, 4) is 0 Å². The first-order valence-corrected chi connectivity index (χ1v) is 21.1. The molecule has 0 amide bonds. The molecule has 4 aromatic rings. The molecule has 0 bridgehead atoms. The van der Waals surface area contributed by atoms with E-state index in [4.69, 9.17) is 42.6 Å². The number of hydrogen-bond acceptors (Lipinski definition) is 13. The highest BCUT2D eigenvalue weighted by molar-refractivity contribution is 9.10. The zero-order valence-corrected chi connectivity index (χ0v) is 36.8. The van der Waals surface area contributed by atoms with Crippen molar-refractivity contribution in [1.82, 2.24) is 4.90 Å². The summed E-state index contributed by atoms with van der Waals surface area (Å²) in [6, 6.07) is 38.6. The Morgan fingerprint density at radius 1 is 0.525 bits per heavy atom. The second kappa shape index (κ2) is 27.9. The molecule has 0 radical (unpaired) electrons. The molecule has 1 unspecified atom stereocenters. The minimum Gasteiger partial charge on any atom is -0.460 e. The van der Waals surface area contributed by atoms with Crippen molar-refractivity contribution in [3.63, 3.8) is 0 Å². The number of carbonyl (C=O) groups is 3.